The average molecular weight is 408 g/mol. The number of rotatable bonds is 7. The normalized spacial score (nSPS) is 10.6. The van der Waals surface area contributed by atoms with Gasteiger partial charge in [-0.2, -0.15) is 0 Å². The van der Waals surface area contributed by atoms with Gasteiger partial charge in [0.25, 0.3) is 0 Å². The maximum absolute atomic E-state index is 12.3. The summed E-state index contributed by atoms with van der Waals surface area (Å²) in [5.41, 5.74) is 5.54. The van der Waals surface area contributed by atoms with Crippen molar-refractivity contribution in [1.82, 2.24) is 14.9 Å². The molecule has 0 spiro atoms. The van der Waals surface area contributed by atoms with Crippen LogP contribution in [-0.2, 0) is 17.9 Å². The van der Waals surface area contributed by atoms with Crippen molar-refractivity contribution in [2.24, 2.45) is 0 Å². The SMILES string of the molecule is C=C(C)C(=O)NCc1c(-c2ccccc2)nc(-c2ccccc2)n1Cc1ccccc1. The molecule has 0 unspecified atom stereocenters. The second-order valence-corrected chi connectivity index (χ2v) is 7.50. The Hall–Kier alpha value is -3.92. The van der Waals surface area contributed by atoms with E-state index in [-0.39, 0.29) is 5.91 Å². The van der Waals surface area contributed by atoms with E-state index < -0.39 is 0 Å². The minimum absolute atomic E-state index is 0.160. The molecule has 3 aromatic carbocycles. The molecule has 0 radical (unpaired) electrons. The summed E-state index contributed by atoms with van der Waals surface area (Å²) in [4.78, 5) is 17.3. The second-order valence-electron chi connectivity index (χ2n) is 7.50. The number of hydrogen-bond acceptors (Lipinski definition) is 2. The summed E-state index contributed by atoms with van der Waals surface area (Å²) < 4.78 is 2.20. The molecule has 4 heteroatoms. The van der Waals surface area contributed by atoms with Crippen molar-refractivity contribution in [3.05, 3.63) is 114 Å². The van der Waals surface area contributed by atoms with Gasteiger partial charge < -0.3 is 9.88 Å². The highest BCUT2D eigenvalue weighted by Crippen LogP contribution is 2.30. The monoisotopic (exact) mass is 407 g/mol. The number of benzene rings is 3. The highest BCUT2D eigenvalue weighted by atomic mass is 16.1. The van der Waals surface area contributed by atoms with Crippen LogP contribution in [0.25, 0.3) is 22.6 Å². The lowest BCUT2D eigenvalue weighted by Gasteiger charge is -2.14. The fraction of sp³-hybridized carbons (Fsp3) is 0.111. The quantitative estimate of drug-likeness (QED) is 0.414. The molecule has 1 N–H and O–H groups in total. The van der Waals surface area contributed by atoms with E-state index >= 15 is 0 Å². The van der Waals surface area contributed by atoms with Crippen molar-refractivity contribution in [2.75, 3.05) is 0 Å². The predicted molar refractivity (Wildman–Crippen MR) is 125 cm³/mol. The van der Waals surface area contributed by atoms with Crippen LogP contribution < -0.4 is 5.32 Å². The fourth-order valence-corrected chi connectivity index (χ4v) is 3.55. The molecule has 0 fully saturated rings. The van der Waals surface area contributed by atoms with E-state index in [9.17, 15) is 4.79 Å². The van der Waals surface area contributed by atoms with Gasteiger partial charge in [0.05, 0.1) is 17.9 Å². The van der Waals surface area contributed by atoms with Gasteiger partial charge in [0.15, 0.2) is 0 Å². The number of nitrogens with one attached hydrogen (secondary N) is 1. The molecule has 0 saturated carbocycles. The van der Waals surface area contributed by atoms with E-state index in [0.717, 1.165) is 28.3 Å². The van der Waals surface area contributed by atoms with Crippen LogP contribution in [0.15, 0.2) is 103 Å². The number of amides is 1. The van der Waals surface area contributed by atoms with Crippen LogP contribution in [0, 0.1) is 0 Å². The second kappa shape index (κ2) is 9.26. The number of carbonyl (C=O) groups excluding carboxylic acids is 1. The Morgan fingerprint density at radius 3 is 2.00 bits per heavy atom. The van der Waals surface area contributed by atoms with E-state index in [1.807, 2.05) is 66.7 Å². The molecule has 31 heavy (non-hydrogen) atoms. The molecule has 0 aliphatic rings. The van der Waals surface area contributed by atoms with Crippen LogP contribution in [0.4, 0.5) is 0 Å². The summed E-state index contributed by atoms with van der Waals surface area (Å²) >= 11 is 0. The van der Waals surface area contributed by atoms with Gasteiger partial charge in [-0.15, -0.1) is 0 Å². The summed E-state index contributed by atoms with van der Waals surface area (Å²) in [6, 6.07) is 30.6. The zero-order valence-electron chi connectivity index (χ0n) is 17.6. The maximum atomic E-state index is 12.3. The summed E-state index contributed by atoms with van der Waals surface area (Å²) in [6.07, 6.45) is 0. The molecular formula is C27H25N3O. The molecule has 4 aromatic rings. The summed E-state index contributed by atoms with van der Waals surface area (Å²) in [6.45, 7) is 6.49. The number of carbonyl (C=O) groups is 1. The average Bonchev–Trinajstić information content (AvgIpc) is 3.17. The standard InChI is InChI=1S/C27H25N3O/c1-20(2)27(31)28-18-24-25(22-14-8-4-9-15-22)29-26(23-16-10-5-11-17-23)30(24)19-21-12-6-3-7-13-21/h3-17H,1,18-19H2,2H3,(H,28,31). The van der Waals surface area contributed by atoms with Gasteiger partial charge in [0.1, 0.15) is 5.82 Å². The van der Waals surface area contributed by atoms with Gasteiger partial charge in [0.2, 0.25) is 5.91 Å². The number of hydrogen-bond donors (Lipinski definition) is 1. The van der Waals surface area contributed by atoms with Gasteiger partial charge in [-0.1, -0.05) is 97.6 Å². The van der Waals surface area contributed by atoms with Crippen molar-refractivity contribution in [1.29, 1.82) is 0 Å². The molecule has 1 amide bonds. The van der Waals surface area contributed by atoms with Crippen molar-refractivity contribution in [2.45, 2.75) is 20.0 Å². The summed E-state index contributed by atoms with van der Waals surface area (Å²) in [7, 11) is 0. The first-order valence-corrected chi connectivity index (χ1v) is 10.3. The van der Waals surface area contributed by atoms with E-state index in [2.05, 4.69) is 40.7 Å². The Kier molecular flexibility index (Phi) is 6.08. The van der Waals surface area contributed by atoms with E-state index in [1.165, 1.54) is 5.56 Å². The highest BCUT2D eigenvalue weighted by molar-refractivity contribution is 5.92. The van der Waals surface area contributed by atoms with Crippen LogP contribution in [0.5, 0.6) is 0 Å². The van der Waals surface area contributed by atoms with Gasteiger partial charge in [-0.25, -0.2) is 4.98 Å². The zero-order chi connectivity index (χ0) is 21.6. The van der Waals surface area contributed by atoms with Crippen molar-refractivity contribution in [3.63, 3.8) is 0 Å². The van der Waals surface area contributed by atoms with Crippen LogP contribution in [0.2, 0.25) is 0 Å². The lowest BCUT2D eigenvalue weighted by Crippen LogP contribution is -2.25. The Balaban J connectivity index is 1.88. The molecule has 4 nitrogen and oxygen atoms in total. The Labute approximate surface area is 182 Å². The fourth-order valence-electron chi connectivity index (χ4n) is 3.55. The minimum atomic E-state index is -0.160. The number of imidazole rings is 1. The van der Waals surface area contributed by atoms with Crippen molar-refractivity contribution >= 4 is 5.91 Å². The van der Waals surface area contributed by atoms with Crippen molar-refractivity contribution in [3.8, 4) is 22.6 Å². The Morgan fingerprint density at radius 2 is 1.42 bits per heavy atom. The van der Waals surface area contributed by atoms with Crippen LogP contribution >= 0.6 is 0 Å². The molecule has 154 valence electrons. The minimum Gasteiger partial charge on any atom is -0.347 e. The van der Waals surface area contributed by atoms with E-state index in [4.69, 9.17) is 4.98 Å². The molecule has 0 aliphatic carbocycles. The van der Waals surface area contributed by atoms with Gasteiger partial charge in [-0.3, -0.25) is 4.79 Å². The van der Waals surface area contributed by atoms with Gasteiger partial charge in [-0.05, 0) is 12.5 Å². The molecule has 4 rings (SSSR count). The van der Waals surface area contributed by atoms with Gasteiger partial charge in [0, 0.05) is 23.2 Å². The largest absolute Gasteiger partial charge is 0.347 e. The molecule has 0 saturated heterocycles. The molecule has 1 aromatic heterocycles. The lowest BCUT2D eigenvalue weighted by atomic mass is 10.1. The first kappa shape index (κ1) is 20.4. The van der Waals surface area contributed by atoms with Gasteiger partial charge >= 0.3 is 0 Å². The molecule has 0 aliphatic heterocycles. The smallest absolute Gasteiger partial charge is 0.246 e. The highest BCUT2D eigenvalue weighted by Gasteiger charge is 2.20. The van der Waals surface area contributed by atoms with Crippen LogP contribution in [0.1, 0.15) is 18.2 Å². The predicted octanol–water partition coefficient (Wildman–Crippen LogP) is 5.46. The number of nitrogens with zero attached hydrogens (tertiary/aromatic N) is 2. The van der Waals surface area contributed by atoms with E-state index in [0.29, 0.717) is 18.7 Å². The Morgan fingerprint density at radius 1 is 0.871 bits per heavy atom. The molecule has 0 bridgehead atoms. The molecular weight excluding hydrogens is 382 g/mol. The van der Waals surface area contributed by atoms with Crippen molar-refractivity contribution < 1.29 is 4.79 Å². The number of aromatic nitrogens is 2. The van der Waals surface area contributed by atoms with Crippen LogP contribution in [0.3, 0.4) is 0 Å². The molecule has 1 heterocycles. The third kappa shape index (κ3) is 4.64. The van der Waals surface area contributed by atoms with Crippen LogP contribution in [-0.4, -0.2) is 15.5 Å². The zero-order valence-corrected chi connectivity index (χ0v) is 17.6. The van der Waals surface area contributed by atoms with E-state index in [1.54, 1.807) is 6.92 Å². The lowest BCUT2D eigenvalue weighted by molar-refractivity contribution is -0.117. The summed E-state index contributed by atoms with van der Waals surface area (Å²) in [5, 5.41) is 3.00. The Bertz CT molecular complexity index is 1180. The topological polar surface area (TPSA) is 46.9 Å². The third-order valence-corrected chi connectivity index (χ3v) is 5.14. The first-order chi connectivity index (χ1) is 15.1. The molecule has 0 atom stereocenters. The first-order valence-electron chi connectivity index (χ1n) is 10.3. The summed E-state index contributed by atoms with van der Waals surface area (Å²) in [5.74, 6) is 0.718. The maximum Gasteiger partial charge on any atom is 0.246 e. The third-order valence-electron chi connectivity index (χ3n) is 5.14.